The van der Waals surface area contributed by atoms with Gasteiger partial charge in [-0.1, -0.05) is 13.0 Å². The lowest BCUT2D eigenvalue weighted by Gasteiger charge is -2.08. The summed E-state index contributed by atoms with van der Waals surface area (Å²) in [5, 5.41) is 27.8. The smallest absolute Gasteiger partial charge is 0.147 e. The molecule has 0 bridgehead atoms. The van der Waals surface area contributed by atoms with Crippen LogP contribution in [0.25, 0.3) is 6.08 Å². The maximum absolute atomic E-state index is 9.74. The van der Waals surface area contributed by atoms with E-state index in [4.69, 9.17) is 10.2 Å². The molecule has 0 atom stereocenters. The van der Waals surface area contributed by atoms with Gasteiger partial charge in [-0.05, 0) is 12.5 Å². The zero-order valence-electron chi connectivity index (χ0n) is 8.64. The molecule has 82 valence electrons. The van der Waals surface area contributed by atoms with E-state index in [9.17, 15) is 5.11 Å². The van der Waals surface area contributed by atoms with Gasteiger partial charge in [0, 0.05) is 17.3 Å². The predicted octanol–water partition coefficient (Wildman–Crippen LogP) is 1.19. The van der Waals surface area contributed by atoms with Crippen LogP contribution in [0.2, 0.25) is 0 Å². The number of aromatic hydroxyl groups is 1. The summed E-state index contributed by atoms with van der Waals surface area (Å²) in [6.45, 7) is 1.42. The standard InChI is InChI=1S/C11H15NO3/c1-2-3-4-10-11(15)9(7-14)8(6-13)5-12-10/h3-5,13-15H,2,6-7H2,1H3. The van der Waals surface area contributed by atoms with Gasteiger partial charge in [-0.15, -0.1) is 0 Å². The maximum Gasteiger partial charge on any atom is 0.147 e. The molecule has 1 aromatic rings. The molecule has 4 nitrogen and oxygen atoms in total. The minimum Gasteiger partial charge on any atom is -0.505 e. The molecule has 0 spiro atoms. The van der Waals surface area contributed by atoms with Crippen LogP contribution in [0.4, 0.5) is 0 Å². The highest BCUT2D eigenvalue weighted by Crippen LogP contribution is 2.25. The molecule has 0 aromatic carbocycles. The quantitative estimate of drug-likeness (QED) is 0.696. The fraction of sp³-hybridized carbons (Fsp3) is 0.364. The lowest BCUT2D eigenvalue weighted by atomic mass is 10.1. The van der Waals surface area contributed by atoms with Crippen molar-refractivity contribution in [1.29, 1.82) is 0 Å². The van der Waals surface area contributed by atoms with E-state index < -0.39 is 0 Å². The number of aliphatic hydroxyl groups is 2. The van der Waals surface area contributed by atoms with Crippen molar-refractivity contribution >= 4 is 6.08 Å². The molecule has 1 heterocycles. The Kier molecular flexibility index (Phi) is 4.27. The van der Waals surface area contributed by atoms with Crippen molar-refractivity contribution in [3.05, 3.63) is 29.1 Å². The molecule has 0 amide bonds. The fourth-order valence-electron chi connectivity index (χ4n) is 1.26. The third kappa shape index (κ3) is 2.55. The maximum atomic E-state index is 9.74. The zero-order valence-corrected chi connectivity index (χ0v) is 8.64. The first-order valence-corrected chi connectivity index (χ1v) is 4.82. The Balaban J connectivity index is 3.17. The van der Waals surface area contributed by atoms with Gasteiger partial charge in [0.25, 0.3) is 0 Å². The highest BCUT2D eigenvalue weighted by atomic mass is 16.3. The number of aromatic nitrogens is 1. The molecule has 0 radical (unpaired) electrons. The van der Waals surface area contributed by atoms with Gasteiger partial charge in [0.2, 0.25) is 0 Å². The third-order valence-electron chi connectivity index (χ3n) is 2.12. The van der Waals surface area contributed by atoms with Gasteiger partial charge in [0.15, 0.2) is 0 Å². The molecule has 1 aromatic heterocycles. The topological polar surface area (TPSA) is 73.6 Å². The summed E-state index contributed by atoms with van der Waals surface area (Å²) >= 11 is 0. The Hall–Kier alpha value is -1.39. The molecule has 15 heavy (non-hydrogen) atoms. The van der Waals surface area contributed by atoms with E-state index in [0.717, 1.165) is 6.42 Å². The summed E-state index contributed by atoms with van der Waals surface area (Å²) in [6.07, 6.45) is 5.86. The lowest BCUT2D eigenvalue weighted by molar-refractivity contribution is 0.254. The highest BCUT2D eigenvalue weighted by molar-refractivity contribution is 5.56. The first kappa shape index (κ1) is 11.7. The van der Waals surface area contributed by atoms with Gasteiger partial charge in [0.1, 0.15) is 11.4 Å². The van der Waals surface area contributed by atoms with Crippen molar-refractivity contribution in [1.82, 2.24) is 4.98 Å². The van der Waals surface area contributed by atoms with Crippen LogP contribution in [-0.4, -0.2) is 20.3 Å². The van der Waals surface area contributed by atoms with Gasteiger partial charge in [-0.25, -0.2) is 0 Å². The van der Waals surface area contributed by atoms with Gasteiger partial charge < -0.3 is 15.3 Å². The molecule has 1 rings (SSSR count). The average Bonchev–Trinajstić information content (AvgIpc) is 2.27. The van der Waals surface area contributed by atoms with Crippen molar-refractivity contribution < 1.29 is 15.3 Å². The minimum absolute atomic E-state index is 0.0613. The number of nitrogens with zero attached hydrogens (tertiary/aromatic N) is 1. The van der Waals surface area contributed by atoms with Crippen LogP contribution in [0.1, 0.15) is 30.2 Å². The van der Waals surface area contributed by atoms with Crippen LogP contribution in [0.5, 0.6) is 5.75 Å². The van der Waals surface area contributed by atoms with E-state index in [2.05, 4.69) is 4.98 Å². The molecule has 0 fully saturated rings. The second-order valence-corrected chi connectivity index (χ2v) is 3.12. The molecule has 0 saturated heterocycles. The van der Waals surface area contributed by atoms with Crippen molar-refractivity contribution in [2.24, 2.45) is 0 Å². The van der Waals surface area contributed by atoms with Crippen LogP contribution >= 0.6 is 0 Å². The Labute approximate surface area is 88.5 Å². The van der Waals surface area contributed by atoms with Gasteiger partial charge >= 0.3 is 0 Å². The van der Waals surface area contributed by atoms with Gasteiger partial charge in [0.05, 0.1) is 13.2 Å². The summed E-state index contributed by atoms with van der Waals surface area (Å²) in [7, 11) is 0. The largest absolute Gasteiger partial charge is 0.505 e. The number of allylic oxidation sites excluding steroid dienone is 1. The SMILES string of the molecule is CCC=Cc1ncc(CO)c(CO)c1O. The number of pyridine rings is 1. The molecular formula is C11H15NO3. The molecule has 4 heteroatoms. The normalized spacial score (nSPS) is 11.1. The molecule has 0 aliphatic rings. The second kappa shape index (κ2) is 5.48. The van der Waals surface area contributed by atoms with Crippen molar-refractivity contribution in [3.8, 4) is 5.75 Å². The molecule has 3 N–H and O–H groups in total. The van der Waals surface area contributed by atoms with Crippen molar-refractivity contribution in [2.45, 2.75) is 26.6 Å². The molecule has 0 saturated carbocycles. The summed E-state index contributed by atoms with van der Waals surface area (Å²) < 4.78 is 0. The van der Waals surface area contributed by atoms with Gasteiger partial charge in [-0.2, -0.15) is 0 Å². The minimum atomic E-state index is -0.308. The van der Waals surface area contributed by atoms with E-state index >= 15 is 0 Å². The molecule has 0 unspecified atom stereocenters. The summed E-state index contributed by atoms with van der Waals surface area (Å²) in [5.41, 5.74) is 1.20. The van der Waals surface area contributed by atoms with Crippen molar-refractivity contribution in [2.75, 3.05) is 0 Å². The Morgan fingerprint density at radius 1 is 1.33 bits per heavy atom. The Morgan fingerprint density at radius 2 is 2.07 bits per heavy atom. The Morgan fingerprint density at radius 3 is 2.60 bits per heavy atom. The van der Waals surface area contributed by atoms with E-state index in [1.807, 2.05) is 13.0 Å². The average molecular weight is 209 g/mol. The summed E-state index contributed by atoms with van der Waals surface area (Å²) in [6, 6.07) is 0. The Bertz CT molecular complexity index is 361. The third-order valence-corrected chi connectivity index (χ3v) is 2.12. The van der Waals surface area contributed by atoms with Crippen LogP contribution < -0.4 is 0 Å². The predicted molar refractivity (Wildman–Crippen MR) is 57.1 cm³/mol. The van der Waals surface area contributed by atoms with E-state index in [-0.39, 0.29) is 19.0 Å². The van der Waals surface area contributed by atoms with E-state index in [1.165, 1.54) is 6.20 Å². The van der Waals surface area contributed by atoms with Crippen LogP contribution in [0, 0.1) is 0 Å². The number of rotatable bonds is 4. The summed E-state index contributed by atoms with van der Waals surface area (Å²) in [4.78, 5) is 3.99. The monoisotopic (exact) mass is 209 g/mol. The zero-order chi connectivity index (χ0) is 11.3. The first-order valence-electron chi connectivity index (χ1n) is 4.82. The van der Waals surface area contributed by atoms with Crippen LogP contribution in [-0.2, 0) is 13.2 Å². The number of aliphatic hydroxyl groups excluding tert-OH is 2. The highest BCUT2D eigenvalue weighted by Gasteiger charge is 2.10. The van der Waals surface area contributed by atoms with E-state index in [0.29, 0.717) is 16.8 Å². The second-order valence-electron chi connectivity index (χ2n) is 3.12. The van der Waals surface area contributed by atoms with Crippen molar-refractivity contribution in [3.63, 3.8) is 0 Å². The number of hydrogen-bond donors (Lipinski definition) is 3. The number of hydrogen-bond acceptors (Lipinski definition) is 4. The van der Waals surface area contributed by atoms with Gasteiger partial charge in [-0.3, -0.25) is 4.98 Å². The summed E-state index contributed by atoms with van der Waals surface area (Å²) in [5.74, 6) is -0.0613. The molecule has 0 aliphatic heterocycles. The molecular weight excluding hydrogens is 194 g/mol. The first-order chi connectivity index (χ1) is 7.24. The van der Waals surface area contributed by atoms with E-state index in [1.54, 1.807) is 6.08 Å². The lowest BCUT2D eigenvalue weighted by Crippen LogP contribution is -1.98. The fourth-order valence-corrected chi connectivity index (χ4v) is 1.26. The van der Waals surface area contributed by atoms with Crippen LogP contribution in [0.3, 0.4) is 0 Å². The molecule has 0 aliphatic carbocycles. The van der Waals surface area contributed by atoms with Crippen LogP contribution in [0.15, 0.2) is 12.3 Å².